The lowest BCUT2D eigenvalue weighted by Gasteiger charge is -2.14. The van der Waals surface area contributed by atoms with Crippen LogP contribution in [-0.4, -0.2) is 35.9 Å². The second-order valence-electron chi connectivity index (χ2n) is 5.78. The molecular formula is C16H19N7O. The topological polar surface area (TPSA) is 90.5 Å². The number of carbonyl (C=O) groups excluding carboxylic acids is 1. The molecule has 0 fully saturated rings. The lowest BCUT2D eigenvalue weighted by molar-refractivity contribution is -0.119. The van der Waals surface area contributed by atoms with Gasteiger partial charge in [-0.1, -0.05) is 29.8 Å². The van der Waals surface area contributed by atoms with Crippen LogP contribution in [0.5, 0.6) is 0 Å². The number of anilines is 1. The smallest absolute Gasteiger partial charge is 0.250 e. The lowest BCUT2D eigenvalue weighted by Crippen LogP contribution is -2.26. The van der Waals surface area contributed by atoms with Crippen molar-refractivity contribution in [3.05, 3.63) is 53.5 Å². The van der Waals surface area contributed by atoms with Crippen LogP contribution in [0.15, 0.2) is 36.8 Å². The van der Waals surface area contributed by atoms with E-state index in [9.17, 15) is 4.79 Å². The number of nitrogens with zero attached hydrogens (tertiary/aromatic N) is 6. The maximum Gasteiger partial charge on any atom is 0.250 e. The maximum atomic E-state index is 12.5. The molecule has 2 heterocycles. The summed E-state index contributed by atoms with van der Waals surface area (Å²) in [5.41, 5.74) is 3.22. The average molecular weight is 325 g/mol. The van der Waals surface area contributed by atoms with Gasteiger partial charge < -0.3 is 5.32 Å². The fourth-order valence-corrected chi connectivity index (χ4v) is 2.43. The normalized spacial score (nSPS) is 12.1. The van der Waals surface area contributed by atoms with E-state index in [0.29, 0.717) is 12.4 Å². The van der Waals surface area contributed by atoms with E-state index in [1.807, 2.05) is 32.0 Å². The summed E-state index contributed by atoms with van der Waals surface area (Å²) in [6.07, 6.45) is 3.16. The molecule has 1 unspecified atom stereocenters. The van der Waals surface area contributed by atoms with E-state index in [1.165, 1.54) is 16.6 Å². The van der Waals surface area contributed by atoms with E-state index >= 15 is 0 Å². The van der Waals surface area contributed by atoms with Gasteiger partial charge in [0.25, 0.3) is 0 Å². The van der Waals surface area contributed by atoms with Gasteiger partial charge in [-0.2, -0.15) is 5.10 Å². The SMILES string of the molecule is Cc1cccc(Cn2ncc(C)c2NC(=O)C(C)n2cnnn2)c1. The third kappa shape index (κ3) is 3.32. The van der Waals surface area contributed by atoms with Crippen molar-refractivity contribution in [1.29, 1.82) is 0 Å². The van der Waals surface area contributed by atoms with Crippen LogP contribution in [0.1, 0.15) is 29.7 Å². The average Bonchev–Trinajstić information content (AvgIpc) is 3.19. The molecule has 1 atom stereocenters. The Morgan fingerprint density at radius 1 is 1.33 bits per heavy atom. The van der Waals surface area contributed by atoms with Crippen molar-refractivity contribution in [3.8, 4) is 0 Å². The van der Waals surface area contributed by atoms with Crippen LogP contribution in [0, 0.1) is 13.8 Å². The van der Waals surface area contributed by atoms with Gasteiger partial charge in [0.2, 0.25) is 5.91 Å². The highest BCUT2D eigenvalue weighted by molar-refractivity contribution is 5.93. The van der Waals surface area contributed by atoms with E-state index in [2.05, 4.69) is 32.0 Å². The number of aryl methyl sites for hydroxylation is 2. The molecular weight excluding hydrogens is 306 g/mol. The van der Waals surface area contributed by atoms with Gasteiger partial charge in [-0.15, -0.1) is 5.10 Å². The summed E-state index contributed by atoms with van der Waals surface area (Å²) in [6, 6.07) is 7.70. The highest BCUT2D eigenvalue weighted by Crippen LogP contribution is 2.18. The van der Waals surface area contributed by atoms with Crippen LogP contribution in [0.3, 0.4) is 0 Å². The summed E-state index contributed by atoms with van der Waals surface area (Å²) >= 11 is 0. The number of carbonyl (C=O) groups is 1. The molecule has 24 heavy (non-hydrogen) atoms. The summed E-state index contributed by atoms with van der Waals surface area (Å²) in [5.74, 6) is 0.484. The van der Waals surface area contributed by atoms with Gasteiger partial charge in [-0.05, 0) is 36.8 Å². The van der Waals surface area contributed by atoms with Gasteiger partial charge in [0.1, 0.15) is 18.2 Å². The van der Waals surface area contributed by atoms with Crippen molar-refractivity contribution >= 4 is 11.7 Å². The Bertz CT molecular complexity index is 838. The zero-order valence-corrected chi connectivity index (χ0v) is 13.8. The molecule has 1 aromatic carbocycles. The van der Waals surface area contributed by atoms with Crippen molar-refractivity contribution in [1.82, 2.24) is 30.0 Å². The quantitative estimate of drug-likeness (QED) is 0.771. The Morgan fingerprint density at radius 3 is 2.88 bits per heavy atom. The Labute approximate surface area is 139 Å². The summed E-state index contributed by atoms with van der Waals surface area (Å²) in [7, 11) is 0. The van der Waals surface area contributed by atoms with Gasteiger partial charge in [-0.3, -0.25) is 4.79 Å². The molecule has 1 N–H and O–H groups in total. The van der Waals surface area contributed by atoms with Crippen LogP contribution < -0.4 is 5.32 Å². The molecule has 124 valence electrons. The van der Waals surface area contributed by atoms with Crippen molar-refractivity contribution in [2.24, 2.45) is 0 Å². The van der Waals surface area contributed by atoms with Crippen molar-refractivity contribution < 1.29 is 4.79 Å². The largest absolute Gasteiger partial charge is 0.309 e. The van der Waals surface area contributed by atoms with Crippen LogP contribution in [0.4, 0.5) is 5.82 Å². The lowest BCUT2D eigenvalue weighted by atomic mass is 10.1. The molecule has 3 rings (SSSR count). The van der Waals surface area contributed by atoms with Gasteiger partial charge in [0.15, 0.2) is 0 Å². The molecule has 0 saturated carbocycles. The highest BCUT2D eigenvalue weighted by Gasteiger charge is 2.19. The molecule has 0 aliphatic carbocycles. The van der Waals surface area contributed by atoms with Crippen LogP contribution >= 0.6 is 0 Å². The highest BCUT2D eigenvalue weighted by atomic mass is 16.2. The van der Waals surface area contributed by atoms with E-state index in [4.69, 9.17) is 0 Å². The number of benzene rings is 1. The zero-order chi connectivity index (χ0) is 17.1. The third-order valence-electron chi connectivity index (χ3n) is 3.82. The summed E-state index contributed by atoms with van der Waals surface area (Å²) in [4.78, 5) is 12.5. The molecule has 1 amide bonds. The molecule has 0 spiro atoms. The predicted molar refractivity (Wildman–Crippen MR) is 88.4 cm³/mol. The van der Waals surface area contributed by atoms with Crippen LogP contribution in [-0.2, 0) is 11.3 Å². The zero-order valence-electron chi connectivity index (χ0n) is 13.8. The number of nitrogens with one attached hydrogen (secondary N) is 1. The molecule has 8 heteroatoms. The van der Waals surface area contributed by atoms with Gasteiger partial charge >= 0.3 is 0 Å². The predicted octanol–water partition coefficient (Wildman–Crippen LogP) is 1.73. The van der Waals surface area contributed by atoms with Gasteiger partial charge in [0.05, 0.1) is 12.7 Å². The molecule has 0 radical (unpaired) electrons. The monoisotopic (exact) mass is 325 g/mol. The minimum Gasteiger partial charge on any atom is -0.309 e. The summed E-state index contributed by atoms with van der Waals surface area (Å²) in [5, 5.41) is 18.2. The first-order valence-corrected chi connectivity index (χ1v) is 7.66. The minimum absolute atomic E-state index is 0.198. The first-order valence-electron chi connectivity index (χ1n) is 7.66. The van der Waals surface area contributed by atoms with E-state index in [1.54, 1.807) is 17.8 Å². The van der Waals surface area contributed by atoms with Crippen LogP contribution in [0.2, 0.25) is 0 Å². The van der Waals surface area contributed by atoms with Gasteiger partial charge in [-0.25, -0.2) is 9.36 Å². The Hall–Kier alpha value is -3.03. The molecule has 0 aliphatic heterocycles. The van der Waals surface area contributed by atoms with E-state index < -0.39 is 6.04 Å². The fourth-order valence-electron chi connectivity index (χ4n) is 2.43. The maximum absolute atomic E-state index is 12.5. The number of amides is 1. The van der Waals surface area contributed by atoms with Crippen molar-refractivity contribution in [2.45, 2.75) is 33.4 Å². The molecule has 0 saturated heterocycles. The number of hydrogen-bond acceptors (Lipinski definition) is 5. The Morgan fingerprint density at radius 2 is 2.17 bits per heavy atom. The van der Waals surface area contributed by atoms with Crippen molar-refractivity contribution in [3.63, 3.8) is 0 Å². The van der Waals surface area contributed by atoms with Crippen molar-refractivity contribution in [2.75, 3.05) is 5.32 Å². The first kappa shape index (κ1) is 15.9. The Kier molecular flexibility index (Phi) is 4.37. The fraction of sp³-hybridized carbons (Fsp3) is 0.312. The Balaban J connectivity index is 1.79. The second-order valence-corrected chi connectivity index (χ2v) is 5.78. The molecule has 0 aliphatic rings. The molecule has 3 aromatic rings. The summed E-state index contributed by atoms with van der Waals surface area (Å²) in [6.45, 7) is 6.29. The second kappa shape index (κ2) is 6.61. The minimum atomic E-state index is -0.512. The number of aromatic nitrogens is 6. The molecule has 0 bridgehead atoms. The molecule has 2 aromatic heterocycles. The third-order valence-corrected chi connectivity index (χ3v) is 3.82. The number of hydrogen-bond donors (Lipinski definition) is 1. The standard InChI is InChI=1S/C16H19N7O/c1-11-5-4-6-14(7-11)9-22-15(12(2)8-18-22)19-16(24)13(3)23-10-17-20-21-23/h4-8,10,13H,9H2,1-3H3,(H,19,24). The first-order chi connectivity index (χ1) is 11.5. The number of tetrazole rings is 1. The molecule has 8 nitrogen and oxygen atoms in total. The van der Waals surface area contributed by atoms with Crippen LogP contribution in [0.25, 0.3) is 0 Å². The van der Waals surface area contributed by atoms with E-state index in [-0.39, 0.29) is 5.91 Å². The summed E-state index contributed by atoms with van der Waals surface area (Å²) < 4.78 is 3.19. The number of rotatable bonds is 5. The van der Waals surface area contributed by atoms with E-state index in [0.717, 1.165) is 11.1 Å². The van der Waals surface area contributed by atoms with Gasteiger partial charge in [0, 0.05) is 5.56 Å².